The van der Waals surface area contributed by atoms with E-state index in [2.05, 4.69) is 0 Å². The van der Waals surface area contributed by atoms with Gasteiger partial charge in [-0.1, -0.05) is 11.6 Å². The van der Waals surface area contributed by atoms with E-state index in [4.69, 9.17) is 17.3 Å². The van der Waals surface area contributed by atoms with Crippen molar-refractivity contribution in [1.82, 2.24) is 0 Å². The van der Waals surface area contributed by atoms with Crippen molar-refractivity contribution in [3.8, 4) is 0 Å². The lowest BCUT2D eigenvalue weighted by Crippen LogP contribution is -1.94. The number of carbonyl (C=O) groups is 1. The topological polar surface area (TPSA) is 43.1 Å². The van der Waals surface area contributed by atoms with Crippen LogP contribution in [0.1, 0.15) is 22.3 Å². The van der Waals surface area contributed by atoms with Crippen molar-refractivity contribution in [2.75, 3.05) is 5.73 Å². The summed E-state index contributed by atoms with van der Waals surface area (Å²) in [5.74, 6) is 0.134. The molecule has 62 valence electrons. The van der Waals surface area contributed by atoms with Crippen LogP contribution in [0.25, 0.3) is 0 Å². The molecular formula is C9H8ClNO. The van der Waals surface area contributed by atoms with E-state index in [1.54, 1.807) is 6.07 Å². The normalized spacial score (nSPS) is 14.9. The lowest BCUT2D eigenvalue weighted by Gasteiger charge is -2.01. The van der Waals surface area contributed by atoms with Crippen LogP contribution in [0.3, 0.4) is 0 Å². The Morgan fingerprint density at radius 1 is 1.33 bits per heavy atom. The van der Waals surface area contributed by atoms with Gasteiger partial charge in [-0.3, -0.25) is 4.79 Å². The van der Waals surface area contributed by atoms with Gasteiger partial charge in [-0.25, -0.2) is 0 Å². The van der Waals surface area contributed by atoms with Crippen LogP contribution in [0.2, 0.25) is 5.02 Å². The Morgan fingerprint density at radius 2 is 2.08 bits per heavy atom. The van der Waals surface area contributed by atoms with Crippen molar-refractivity contribution in [2.45, 2.75) is 12.8 Å². The molecule has 0 aromatic heterocycles. The van der Waals surface area contributed by atoms with Crippen LogP contribution in [-0.2, 0) is 6.42 Å². The average Bonchev–Trinajstić information content (AvgIpc) is 2.31. The predicted octanol–water partition coefficient (Wildman–Crippen LogP) is 2.05. The molecule has 0 spiro atoms. The SMILES string of the molecule is Nc1cc(Cl)c2c(c1)CCC2=O. The molecule has 2 N–H and O–H groups in total. The number of hydrogen-bond acceptors (Lipinski definition) is 2. The highest BCUT2D eigenvalue weighted by molar-refractivity contribution is 6.34. The molecule has 0 aliphatic heterocycles. The van der Waals surface area contributed by atoms with E-state index in [0.29, 0.717) is 22.7 Å². The third-order valence-electron chi connectivity index (χ3n) is 2.09. The number of ketones is 1. The summed E-state index contributed by atoms with van der Waals surface area (Å²) in [6.07, 6.45) is 1.34. The molecule has 12 heavy (non-hydrogen) atoms. The molecule has 0 atom stereocenters. The third-order valence-corrected chi connectivity index (χ3v) is 2.39. The maximum absolute atomic E-state index is 11.3. The highest BCUT2D eigenvalue weighted by Crippen LogP contribution is 2.30. The molecule has 0 saturated carbocycles. The molecule has 2 nitrogen and oxygen atoms in total. The molecule has 1 aliphatic rings. The number of anilines is 1. The summed E-state index contributed by atoms with van der Waals surface area (Å²) < 4.78 is 0. The molecule has 0 saturated heterocycles. The standard InChI is InChI=1S/C9H8ClNO/c10-7-4-6(11)3-5-1-2-8(12)9(5)7/h3-4H,1-2,11H2. The molecule has 2 rings (SSSR count). The fourth-order valence-electron chi connectivity index (χ4n) is 1.57. The van der Waals surface area contributed by atoms with Gasteiger partial charge in [-0.15, -0.1) is 0 Å². The largest absolute Gasteiger partial charge is 0.399 e. The van der Waals surface area contributed by atoms with Crippen LogP contribution >= 0.6 is 11.6 Å². The number of Topliss-reactive ketones (excluding diaryl/α,β-unsaturated/α-hetero) is 1. The Labute approximate surface area is 75.3 Å². The summed E-state index contributed by atoms with van der Waals surface area (Å²) in [4.78, 5) is 11.3. The Balaban J connectivity index is 2.68. The summed E-state index contributed by atoms with van der Waals surface area (Å²) in [7, 11) is 0. The zero-order chi connectivity index (χ0) is 8.72. The van der Waals surface area contributed by atoms with Gasteiger partial charge in [0.1, 0.15) is 0 Å². The van der Waals surface area contributed by atoms with Crippen LogP contribution in [0.5, 0.6) is 0 Å². The first-order valence-electron chi connectivity index (χ1n) is 3.79. The number of carbonyl (C=O) groups excluding carboxylic acids is 1. The lowest BCUT2D eigenvalue weighted by molar-refractivity contribution is 0.0995. The third kappa shape index (κ3) is 0.994. The molecule has 0 amide bonds. The molecule has 1 aromatic carbocycles. The second kappa shape index (κ2) is 2.49. The average molecular weight is 182 g/mol. The van der Waals surface area contributed by atoms with E-state index >= 15 is 0 Å². The number of benzene rings is 1. The lowest BCUT2D eigenvalue weighted by atomic mass is 10.1. The molecular weight excluding hydrogens is 174 g/mol. The van der Waals surface area contributed by atoms with Crippen LogP contribution in [-0.4, -0.2) is 5.78 Å². The highest BCUT2D eigenvalue weighted by Gasteiger charge is 2.22. The molecule has 1 aliphatic carbocycles. The Bertz CT molecular complexity index is 360. The van der Waals surface area contributed by atoms with Crippen molar-refractivity contribution in [3.05, 3.63) is 28.3 Å². The number of nitrogens with two attached hydrogens (primary N) is 1. The Kier molecular flexibility index (Phi) is 1.58. The van der Waals surface area contributed by atoms with Crippen molar-refractivity contribution in [3.63, 3.8) is 0 Å². The summed E-state index contributed by atoms with van der Waals surface area (Å²) in [6.45, 7) is 0. The van der Waals surface area contributed by atoms with Gasteiger partial charge in [0.2, 0.25) is 0 Å². The Morgan fingerprint density at radius 3 is 2.83 bits per heavy atom. The van der Waals surface area contributed by atoms with Gasteiger partial charge in [0.05, 0.1) is 5.02 Å². The van der Waals surface area contributed by atoms with Gasteiger partial charge < -0.3 is 5.73 Å². The van der Waals surface area contributed by atoms with Crippen molar-refractivity contribution >= 4 is 23.1 Å². The smallest absolute Gasteiger partial charge is 0.164 e. The molecule has 1 aromatic rings. The van der Waals surface area contributed by atoms with E-state index in [0.717, 1.165) is 12.0 Å². The van der Waals surface area contributed by atoms with Gasteiger partial charge >= 0.3 is 0 Å². The monoisotopic (exact) mass is 181 g/mol. The van der Waals surface area contributed by atoms with E-state index in [1.807, 2.05) is 6.07 Å². The van der Waals surface area contributed by atoms with Gasteiger partial charge in [0.25, 0.3) is 0 Å². The number of rotatable bonds is 0. The number of nitrogen functional groups attached to an aromatic ring is 1. The van der Waals surface area contributed by atoms with E-state index in [1.165, 1.54) is 0 Å². The van der Waals surface area contributed by atoms with E-state index in [9.17, 15) is 4.79 Å². The molecule has 0 radical (unpaired) electrons. The number of halogens is 1. The minimum Gasteiger partial charge on any atom is -0.399 e. The molecule has 3 heteroatoms. The summed E-state index contributed by atoms with van der Waals surface area (Å²) in [6, 6.07) is 3.45. The fourth-order valence-corrected chi connectivity index (χ4v) is 1.92. The first-order chi connectivity index (χ1) is 5.68. The van der Waals surface area contributed by atoms with E-state index in [-0.39, 0.29) is 5.78 Å². The predicted molar refractivity (Wildman–Crippen MR) is 48.5 cm³/mol. The number of fused-ring (bicyclic) bond motifs is 1. The summed E-state index contributed by atoms with van der Waals surface area (Å²) in [5, 5.41) is 0.493. The van der Waals surface area contributed by atoms with Crippen molar-refractivity contribution in [2.24, 2.45) is 0 Å². The fraction of sp³-hybridized carbons (Fsp3) is 0.222. The molecule has 0 fully saturated rings. The maximum Gasteiger partial charge on any atom is 0.164 e. The van der Waals surface area contributed by atoms with Gasteiger partial charge in [0.15, 0.2) is 5.78 Å². The Hall–Kier alpha value is -1.02. The van der Waals surface area contributed by atoms with Crippen LogP contribution in [0.4, 0.5) is 5.69 Å². The summed E-state index contributed by atoms with van der Waals surface area (Å²) >= 11 is 5.87. The van der Waals surface area contributed by atoms with Crippen molar-refractivity contribution < 1.29 is 4.79 Å². The van der Waals surface area contributed by atoms with Crippen LogP contribution < -0.4 is 5.73 Å². The first-order valence-corrected chi connectivity index (χ1v) is 4.17. The van der Waals surface area contributed by atoms with Gasteiger partial charge in [-0.2, -0.15) is 0 Å². The number of hydrogen-bond donors (Lipinski definition) is 1. The van der Waals surface area contributed by atoms with Crippen LogP contribution in [0, 0.1) is 0 Å². The first kappa shape index (κ1) is 7.62. The van der Waals surface area contributed by atoms with Gasteiger partial charge in [0, 0.05) is 17.7 Å². The quantitative estimate of drug-likeness (QED) is 0.623. The molecule has 0 unspecified atom stereocenters. The molecule has 0 bridgehead atoms. The zero-order valence-corrected chi connectivity index (χ0v) is 7.19. The van der Waals surface area contributed by atoms with Crippen LogP contribution in [0.15, 0.2) is 12.1 Å². The molecule has 0 heterocycles. The highest BCUT2D eigenvalue weighted by atomic mass is 35.5. The van der Waals surface area contributed by atoms with Crippen molar-refractivity contribution in [1.29, 1.82) is 0 Å². The van der Waals surface area contributed by atoms with Gasteiger partial charge in [-0.05, 0) is 24.1 Å². The second-order valence-electron chi connectivity index (χ2n) is 2.96. The minimum atomic E-state index is 0.134. The summed E-state index contributed by atoms with van der Waals surface area (Å²) in [5.41, 5.74) is 7.88. The minimum absolute atomic E-state index is 0.134. The number of aryl methyl sites for hydroxylation is 1. The second-order valence-corrected chi connectivity index (χ2v) is 3.37. The zero-order valence-electron chi connectivity index (χ0n) is 6.43. The van der Waals surface area contributed by atoms with E-state index < -0.39 is 0 Å². The maximum atomic E-state index is 11.3.